The van der Waals surface area contributed by atoms with E-state index in [1.54, 1.807) is 24.5 Å². The SMILES string of the molecule is [C-]#[N+]c1ccnc(-c2cccc(-c3ccc(-c4cccc(-c5cc(C#N)ccn5)c4)c4ccccc34)c2)c1. The summed E-state index contributed by atoms with van der Waals surface area (Å²) in [6.45, 7) is 7.32. The number of nitrogens with zero attached hydrogens (tertiary/aromatic N) is 4. The molecular formula is C34H20N4. The van der Waals surface area contributed by atoms with Gasteiger partial charge in [-0.2, -0.15) is 5.26 Å². The number of rotatable bonds is 4. The molecule has 0 N–H and O–H groups in total. The Kier molecular flexibility index (Phi) is 5.91. The normalized spacial score (nSPS) is 10.6. The van der Waals surface area contributed by atoms with Crippen molar-refractivity contribution < 1.29 is 0 Å². The van der Waals surface area contributed by atoms with Crippen molar-refractivity contribution in [3.05, 3.63) is 139 Å². The highest BCUT2D eigenvalue weighted by Gasteiger charge is 2.12. The first kappa shape index (κ1) is 22.9. The molecule has 6 rings (SSSR count). The van der Waals surface area contributed by atoms with Gasteiger partial charge in [0.2, 0.25) is 0 Å². The van der Waals surface area contributed by atoms with Crippen LogP contribution in [0.1, 0.15) is 5.56 Å². The first-order chi connectivity index (χ1) is 18.7. The maximum absolute atomic E-state index is 9.29. The fraction of sp³-hybridized carbons (Fsp3) is 0. The molecule has 0 atom stereocenters. The average Bonchev–Trinajstić information content (AvgIpc) is 3.00. The molecule has 0 bridgehead atoms. The lowest BCUT2D eigenvalue weighted by Crippen LogP contribution is -1.89. The molecule has 176 valence electrons. The summed E-state index contributed by atoms with van der Waals surface area (Å²) in [6, 6.07) is 38.6. The molecule has 4 nitrogen and oxygen atoms in total. The van der Waals surface area contributed by atoms with Gasteiger partial charge in [0, 0.05) is 18.0 Å². The Labute approximate surface area is 221 Å². The van der Waals surface area contributed by atoms with Gasteiger partial charge in [-0.3, -0.25) is 9.97 Å². The van der Waals surface area contributed by atoms with E-state index in [-0.39, 0.29) is 0 Å². The summed E-state index contributed by atoms with van der Waals surface area (Å²) in [7, 11) is 0. The smallest absolute Gasteiger partial charge is 0.190 e. The first-order valence-corrected chi connectivity index (χ1v) is 12.2. The van der Waals surface area contributed by atoms with E-state index in [1.807, 2.05) is 36.4 Å². The first-order valence-electron chi connectivity index (χ1n) is 12.2. The van der Waals surface area contributed by atoms with E-state index in [0.29, 0.717) is 11.3 Å². The molecule has 0 aliphatic carbocycles. The van der Waals surface area contributed by atoms with Crippen LogP contribution in [0, 0.1) is 17.9 Å². The highest BCUT2D eigenvalue weighted by Crippen LogP contribution is 2.37. The monoisotopic (exact) mass is 484 g/mol. The Morgan fingerprint density at radius 3 is 1.71 bits per heavy atom. The van der Waals surface area contributed by atoms with E-state index >= 15 is 0 Å². The van der Waals surface area contributed by atoms with Crippen LogP contribution < -0.4 is 0 Å². The number of nitriles is 1. The Morgan fingerprint density at radius 2 is 1.13 bits per heavy atom. The second kappa shape index (κ2) is 9.82. The van der Waals surface area contributed by atoms with Crippen LogP contribution in [0.25, 0.3) is 60.4 Å². The van der Waals surface area contributed by atoms with Gasteiger partial charge in [-0.05, 0) is 75.0 Å². The minimum absolute atomic E-state index is 0.576. The molecule has 0 radical (unpaired) electrons. The number of fused-ring (bicyclic) bond motifs is 1. The van der Waals surface area contributed by atoms with Gasteiger partial charge in [-0.1, -0.05) is 72.8 Å². The van der Waals surface area contributed by atoms with Crippen molar-refractivity contribution in [3.63, 3.8) is 0 Å². The van der Waals surface area contributed by atoms with E-state index in [9.17, 15) is 5.26 Å². The third-order valence-electron chi connectivity index (χ3n) is 6.62. The standard InChI is InChI=1S/C34H20N4/c1-36-28-15-17-38-34(21-28)27-9-5-7-25(20-27)30-13-12-29(31-10-2-3-11-32(30)31)24-6-4-8-26(19-24)33-18-23(22-35)14-16-37-33/h2-21H. The summed E-state index contributed by atoms with van der Waals surface area (Å²) >= 11 is 0. The predicted molar refractivity (Wildman–Crippen MR) is 152 cm³/mol. The maximum Gasteiger partial charge on any atom is 0.190 e. The van der Waals surface area contributed by atoms with Crippen LogP contribution >= 0.6 is 0 Å². The lowest BCUT2D eigenvalue weighted by atomic mass is 9.90. The van der Waals surface area contributed by atoms with Gasteiger partial charge in [0.25, 0.3) is 0 Å². The van der Waals surface area contributed by atoms with E-state index in [2.05, 4.69) is 81.5 Å². The fourth-order valence-electron chi connectivity index (χ4n) is 4.80. The lowest BCUT2D eigenvalue weighted by molar-refractivity contribution is 1.31. The Balaban J connectivity index is 1.46. The molecule has 2 heterocycles. The quantitative estimate of drug-likeness (QED) is 0.235. The topological polar surface area (TPSA) is 53.9 Å². The Hall–Kier alpha value is -5.58. The Bertz CT molecular complexity index is 1770. The van der Waals surface area contributed by atoms with Crippen molar-refractivity contribution in [2.45, 2.75) is 0 Å². The summed E-state index contributed by atoms with van der Waals surface area (Å²) < 4.78 is 0. The summed E-state index contributed by atoms with van der Waals surface area (Å²) in [4.78, 5) is 12.5. The summed E-state index contributed by atoms with van der Waals surface area (Å²) in [6.07, 6.45) is 3.35. The minimum atomic E-state index is 0.576. The molecule has 2 aromatic heterocycles. The average molecular weight is 485 g/mol. The molecule has 0 amide bonds. The van der Waals surface area contributed by atoms with Crippen LogP contribution in [0.2, 0.25) is 0 Å². The number of hydrogen-bond acceptors (Lipinski definition) is 3. The molecule has 4 aromatic carbocycles. The second-order valence-corrected chi connectivity index (χ2v) is 8.92. The van der Waals surface area contributed by atoms with Crippen LogP contribution in [0.5, 0.6) is 0 Å². The number of pyridine rings is 2. The number of benzene rings is 4. The molecular weight excluding hydrogens is 464 g/mol. The molecule has 4 heteroatoms. The zero-order valence-corrected chi connectivity index (χ0v) is 20.3. The number of aromatic nitrogens is 2. The predicted octanol–water partition coefficient (Wildman–Crippen LogP) is 8.72. The maximum atomic E-state index is 9.29. The lowest BCUT2D eigenvalue weighted by Gasteiger charge is -2.14. The van der Waals surface area contributed by atoms with Crippen molar-refractivity contribution in [1.29, 1.82) is 5.26 Å². The zero-order chi connectivity index (χ0) is 25.9. The van der Waals surface area contributed by atoms with Crippen molar-refractivity contribution in [3.8, 4) is 50.8 Å². The molecule has 0 aliphatic heterocycles. The van der Waals surface area contributed by atoms with E-state index in [1.165, 1.54) is 0 Å². The zero-order valence-electron chi connectivity index (χ0n) is 20.3. The highest BCUT2D eigenvalue weighted by atomic mass is 14.7. The van der Waals surface area contributed by atoms with Gasteiger partial charge in [0.15, 0.2) is 5.69 Å². The molecule has 38 heavy (non-hydrogen) atoms. The third-order valence-corrected chi connectivity index (χ3v) is 6.62. The molecule has 0 saturated heterocycles. The molecule has 0 unspecified atom stereocenters. The summed E-state index contributed by atoms with van der Waals surface area (Å²) in [5.41, 5.74) is 9.11. The second-order valence-electron chi connectivity index (χ2n) is 8.92. The molecule has 6 aromatic rings. The van der Waals surface area contributed by atoms with Crippen LogP contribution in [0.4, 0.5) is 5.69 Å². The van der Waals surface area contributed by atoms with Crippen molar-refractivity contribution in [2.75, 3.05) is 0 Å². The third kappa shape index (κ3) is 4.28. The van der Waals surface area contributed by atoms with Gasteiger partial charge in [0.1, 0.15) is 0 Å². The Morgan fingerprint density at radius 1 is 0.579 bits per heavy atom. The molecule has 0 aliphatic rings. The van der Waals surface area contributed by atoms with Gasteiger partial charge in [0.05, 0.1) is 29.6 Å². The van der Waals surface area contributed by atoms with Crippen LogP contribution in [-0.2, 0) is 0 Å². The molecule has 0 saturated carbocycles. The van der Waals surface area contributed by atoms with Crippen LogP contribution in [0.15, 0.2) is 122 Å². The molecule has 0 fully saturated rings. The van der Waals surface area contributed by atoms with Crippen molar-refractivity contribution in [2.24, 2.45) is 0 Å². The van der Waals surface area contributed by atoms with Crippen molar-refractivity contribution in [1.82, 2.24) is 9.97 Å². The van der Waals surface area contributed by atoms with Crippen LogP contribution in [-0.4, -0.2) is 9.97 Å². The molecule has 0 spiro atoms. The number of hydrogen-bond donors (Lipinski definition) is 0. The summed E-state index contributed by atoms with van der Waals surface area (Å²) in [5.74, 6) is 0. The van der Waals surface area contributed by atoms with Gasteiger partial charge in [-0.25, -0.2) is 4.85 Å². The van der Waals surface area contributed by atoms with E-state index < -0.39 is 0 Å². The minimum Gasteiger partial charge on any atom is -0.259 e. The van der Waals surface area contributed by atoms with Gasteiger partial charge in [-0.15, -0.1) is 0 Å². The van der Waals surface area contributed by atoms with Crippen molar-refractivity contribution >= 4 is 16.5 Å². The highest BCUT2D eigenvalue weighted by molar-refractivity contribution is 6.05. The summed E-state index contributed by atoms with van der Waals surface area (Å²) in [5, 5.41) is 11.6. The van der Waals surface area contributed by atoms with Gasteiger partial charge < -0.3 is 0 Å². The fourth-order valence-corrected chi connectivity index (χ4v) is 4.80. The van der Waals surface area contributed by atoms with E-state index in [4.69, 9.17) is 6.57 Å². The van der Waals surface area contributed by atoms with E-state index in [0.717, 1.165) is 55.5 Å². The largest absolute Gasteiger partial charge is 0.259 e. The van der Waals surface area contributed by atoms with Crippen LogP contribution in [0.3, 0.4) is 0 Å². The van der Waals surface area contributed by atoms with Gasteiger partial charge >= 0.3 is 0 Å².